The maximum absolute atomic E-state index is 12.1. The summed E-state index contributed by atoms with van der Waals surface area (Å²) in [7, 11) is 0. The van der Waals surface area contributed by atoms with Gasteiger partial charge in [0, 0.05) is 0 Å². The van der Waals surface area contributed by atoms with Gasteiger partial charge in [0.05, 0.1) is 22.1 Å². The van der Waals surface area contributed by atoms with Crippen LogP contribution in [0.4, 0.5) is 0 Å². The number of hydrogen-bond donors (Lipinski definition) is 2. The Balaban J connectivity index is 1.97. The molecule has 2 rings (SSSR count). The normalized spacial score (nSPS) is 20.9. The van der Waals surface area contributed by atoms with Crippen molar-refractivity contribution in [3.63, 3.8) is 0 Å². The van der Waals surface area contributed by atoms with Crippen molar-refractivity contribution in [2.45, 2.75) is 38.3 Å². The summed E-state index contributed by atoms with van der Waals surface area (Å²) in [5.74, 6) is 0.0540. The highest BCUT2D eigenvalue weighted by Crippen LogP contribution is 2.25. The monoisotopic (exact) mass is 300 g/mol. The molecule has 1 saturated heterocycles. The first-order valence-corrected chi connectivity index (χ1v) is 7.32. The summed E-state index contributed by atoms with van der Waals surface area (Å²) < 4.78 is 0. The largest absolute Gasteiger partial charge is 0.348 e. The number of rotatable bonds is 3. The molecule has 2 atom stereocenters. The van der Waals surface area contributed by atoms with Crippen LogP contribution >= 0.6 is 23.2 Å². The third kappa shape index (κ3) is 3.85. The molecule has 3 nitrogen and oxygen atoms in total. The van der Waals surface area contributed by atoms with Crippen LogP contribution in [0.15, 0.2) is 18.2 Å². The van der Waals surface area contributed by atoms with Gasteiger partial charge in [-0.25, -0.2) is 0 Å². The Morgan fingerprint density at radius 2 is 2.16 bits per heavy atom. The number of amides is 1. The molecule has 1 aliphatic rings. The minimum absolute atomic E-state index is 0.0540. The van der Waals surface area contributed by atoms with Gasteiger partial charge >= 0.3 is 0 Å². The summed E-state index contributed by atoms with van der Waals surface area (Å²) >= 11 is 11.9. The zero-order chi connectivity index (χ0) is 13.8. The van der Waals surface area contributed by atoms with Crippen LogP contribution < -0.4 is 10.6 Å². The Morgan fingerprint density at radius 3 is 2.79 bits per heavy atom. The number of benzene rings is 1. The Bertz CT molecular complexity index is 459. The van der Waals surface area contributed by atoms with Crippen LogP contribution in [-0.2, 0) is 4.79 Å². The smallest absolute Gasteiger partial charge is 0.237 e. The molecule has 0 radical (unpaired) electrons. The van der Waals surface area contributed by atoms with Crippen molar-refractivity contribution in [2.75, 3.05) is 6.54 Å². The summed E-state index contributed by atoms with van der Waals surface area (Å²) in [6.45, 7) is 2.86. The molecule has 0 saturated carbocycles. The fourth-order valence-corrected chi connectivity index (χ4v) is 2.56. The topological polar surface area (TPSA) is 41.1 Å². The predicted octanol–water partition coefficient (Wildman–Crippen LogP) is 3.31. The lowest BCUT2D eigenvalue weighted by molar-refractivity contribution is -0.124. The second kappa shape index (κ2) is 6.60. The first-order valence-electron chi connectivity index (χ1n) is 6.56. The lowest BCUT2D eigenvalue weighted by Gasteiger charge is -2.24. The number of carbonyl (C=O) groups is 1. The van der Waals surface area contributed by atoms with Crippen LogP contribution in [0.3, 0.4) is 0 Å². The van der Waals surface area contributed by atoms with Gasteiger partial charge in [0.2, 0.25) is 5.91 Å². The molecule has 104 valence electrons. The van der Waals surface area contributed by atoms with Crippen LogP contribution in [0, 0.1) is 0 Å². The van der Waals surface area contributed by atoms with Crippen LogP contribution in [0.5, 0.6) is 0 Å². The van der Waals surface area contributed by atoms with Gasteiger partial charge in [-0.2, -0.15) is 0 Å². The highest BCUT2D eigenvalue weighted by Gasteiger charge is 2.22. The number of halogens is 2. The third-order valence-electron chi connectivity index (χ3n) is 3.43. The van der Waals surface area contributed by atoms with Crippen molar-refractivity contribution in [3.8, 4) is 0 Å². The van der Waals surface area contributed by atoms with Gasteiger partial charge in [-0.15, -0.1) is 0 Å². The zero-order valence-corrected chi connectivity index (χ0v) is 12.4. The molecular formula is C14H18Cl2N2O. The highest BCUT2D eigenvalue weighted by atomic mass is 35.5. The quantitative estimate of drug-likeness (QED) is 0.899. The second-order valence-electron chi connectivity index (χ2n) is 4.91. The summed E-state index contributed by atoms with van der Waals surface area (Å²) in [5, 5.41) is 7.28. The lowest BCUT2D eigenvalue weighted by Crippen LogP contribution is -2.47. The van der Waals surface area contributed by atoms with Gasteiger partial charge in [0.15, 0.2) is 0 Å². The SMILES string of the molecule is C[C@H](NC(=O)[C@H]1CCCCN1)c1ccc(Cl)c(Cl)c1. The fraction of sp³-hybridized carbons (Fsp3) is 0.500. The standard InChI is InChI=1S/C14H18Cl2N2O/c1-9(10-5-6-11(15)12(16)8-10)18-14(19)13-4-2-3-7-17-13/h5-6,8-9,13,17H,2-4,7H2,1H3,(H,18,19)/t9-,13+/m0/s1. The summed E-state index contributed by atoms with van der Waals surface area (Å²) in [5.41, 5.74) is 0.957. The molecule has 1 aromatic carbocycles. The molecule has 5 heteroatoms. The average molecular weight is 301 g/mol. The van der Waals surface area contributed by atoms with Gasteiger partial charge in [-0.1, -0.05) is 35.7 Å². The van der Waals surface area contributed by atoms with Crippen LogP contribution in [0.2, 0.25) is 10.0 Å². The van der Waals surface area contributed by atoms with Gasteiger partial charge in [0.25, 0.3) is 0 Å². The Kier molecular flexibility index (Phi) is 5.08. The molecular weight excluding hydrogens is 283 g/mol. The van der Waals surface area contributed by atoms with E-state index in [1.165, 1.54) is 0 Å². The Hall–Kier alpha value is -0.770. The number of carbonyl (C=O) groups excluding carboxylic acids is 1. The molecule has 1 aromatic rings. The molecule has 19 heavy (non-hydrogen) atoms. The molecule has 0 aliphatic carbocycles. The van der Waals surface area contributed by atoms with Gasteiger partial charge in [0.1, 0.15) is 0 Å². The van der Waals surface area contributed by atoms with E-state index in [-0.39, 0.29) is 18.0 Å². The van der Waals surface area contributed by atoms with Crippen molar-refractivity contribution < 1.29 is 4.79 Å². The summed E-state index contributed by atoms with van der Waals surface area (Å²) in [6, 6.07) is 5.28. The minimum atomic E-state index is -0.0778. The molecule has 0 unspecified atom stereocenters. The molecule has 2 N–H and O–H groups in total. The first-order chi connectivity index (χ1) is 9.08. The van der Waals surface area contributed by atoms with E-state index in [0.717, 1.165) is 31.4 Å². The zero-order valence-electron chi connectivity index (χ0n) is 10.9. The van der Waals surface area contributed by atoms with E-state index >= 15 is 0 Å². The average Bonchev–Trinajstić information content (AvgIpc) is 2.42. The maximum atomic E-state index is 12.1. The van der Waals surface area contributed by atoms with Crippen molar-refractivity contribution in [3.05, 3.63) is 33.8 Å². The van der Waals surface area contributed by atoms with E-state index in [1.807, 2.05) is 13.0 Å². The Morgan fingerprint density at radius 1 is 1.37 bits per heavy atom. The van der Waals surface area contributed by atoms with E-state index in [9.17, 15) is 4.79 Å². The maximum Gasteiger partial charge on any atom is 0.237 e. The third-order valence-corrected chi connectivity index (χ3v) is 4.17. The minimum Gasteiger partial charge on any atom is -0.348 e. The lowest BCUT2D eigenvalue weighted by atomic mass is 10.0. The summed E-state index contributed by atoms with van der Waals surface area (Å²) in [6.07, 6.45) is 3.15. The van der Waals surface area contributed by atoms with Crippen LogP contribution in [0.1, 0.15) is 37.8 Å². The number of hydrogen-bond acceptors (Lipinski definition) is 2. The van der Waals surface area contributed by atoms with Crippen molar-refractivity contribution in [1.82, 2.24) is 10.6 Å². The number of piperidine rings is 1. The van der Waals surface area contributed by atoms with Crippen molar-refractivity contribution in [2.24, 2.45) is 0 Å². The van der Waals surface area contributed by atoms with Gasteiger partial charge < -0.3 is 10.6 Å². The van der Waals surface area contributed by atoms with E-state index in [0.29, 0.717) is 10.0 Å². The summed E-state index contributed by atoms with van der Waals surface area (Å²) in [4.78, 5) is 12.1. The molecule has 1 aliphatic heterocycles. The van der Waals surface area contributed by atoms with Crippen LogP contribution in [-0.4, -0.2) is 18.5 Å². The van der Waals surface area contributed by atoms with E-state index < -0.39 is 0 Å². The van der Waals surface area contributed by atoms with Crippen molar-refractivity contribution in [1.29, 1.82) is 0 Å². The predicted molar refractivity (Wildman–Crippen MR) is 78.7 cm³/mol. The van der Waals surface area contributed by atoms with Crippen LogP contribution in [0.25, 0.3) is 0 Å². The van der Waals surface area contributed by atoms with Gasteiger partial charge in [-0.3, -0.25) is 4.79 Å². The van der Waals surface area contributed by atoms with E-state index in [1.54, 1.807) is 12.1 Å². The molecule has 1 amide bonds. The molecule has 0 aromatic heterocycles. The van der Waals surface area contributed by atoms with Gasteiger partial charge in [-0.05, 0) is 44.0 Å². The molecule has 0 bridgehead atoms. The van der Waals surface area contributed by atoms with E-state index in [4.69, 9.17) is 23.2 Å². The molecule has 1 fully saturated rings. The van der Waals surface area contributed by atoms with E-state index in [2.05, 4.69) is 10.6 Å². The number of nitrogens with one attached hydrogen (secondary N) is 2. The molecule has 0 spiro atoms. The first kappa shape index (κ1) is 14.6. The fourth-order valence-electron chi connectivity index (χ4n) is 2.25. The molecule has 1 heterocycles. The second-order valence-corrected chi connectivity index (χ2v) is 5.72. The highest BCUT2D eigenvalue weighted by molar-refractivity contribution is 6.42. The Labute approximate surface area is 123 Å². The van der Waals surface area contributed by atoms with Crippen molar-refractivity contribution >= 4 is 29.1 Å².